The fourth-order valence-electron chi connectivity index (χ4n) is 2.08. The molecular weight excluding hydrogens is 459 g/mol. The third-order valence-corrected chi connectivity index (χ3v) is 8.59. The highest BCUT2D eigenvalue weighted by molar-refractivity contribution is 9.10. The monoisotopic (exact) mass is 480 g/mol. The molecule has 0 aliphatic carbocycles. The van der Waals surface area contributed by atoms with Crippen molar-refractivity contribution in [2.75, 3.05) is 17.6 Å². The molecule has 0 aliphatic rings. The fourth-order valence-corrected chi connectivity index (χ4v) is 5.20. The standard InChI is InChI=1S/C16H22BrFN2O3S2Si/c1-12-7-16(15(18)8-14(12)17)25(21,22)20(13-9-19-24-10-13)11-23-5-6-26(2,3)4/h7-10H,5-6,11H2,1-4H3. The maximum Gasteiger partial charge on any atom is 0.269 e. The van der Waals surface area contributed by atoms with Crippen molar-refractivity contribution >= 4 is 51.2 Å². The quantitative estimate of drug-likeness (QED) is 0.307. The van der Waals surface area contributed by atoms with E-state index in [1.807, 2.05) is 0 Å². The maximum absolute atomic E-state index is 14.4. The molecule has 0 fully saturated rings. The average Bonchev–Trinajstić information content (AvgIpc) is 3.03. The number of anilines is 1. The van der Waals surface area contributed by atoms with Crippen molar-refractivity contribution in [3.05, 3.63) is 39.6 Å². The van der Waals surface area contributed by atoms with Gasteiger partial charge in [0.25, 0.3) is 10.0 Å². The molecule has 0 saturated heterocycles. The van der Waals surface area contributed by atoms with Gasteiger partial charge >= 0.3 is 0 Å². The van der Waals surface area contributed by atoms with Gasteiger partial charge in [-0.15, -0.1) is 0 Å². The van der Waals surface area contributed by atoms with Crippen LogP contribution in [0.5, 0.6) is 0 Å². The minimum atomic E-state index is -4.12. The van der Waals surface area contributed by atoms with Gasteiger partial charge in [-0.05, 0) is 42.2 Å². The van der Waals surface area contributed by atoms with Gasteiger partial charge in [0.2, 0.25) is 0 Å². The summed E-state index contributed by atoms with van der Waals surface area (Å²) in [5, 5.41) is 1.60. The van der Waals surface area contributed by atoms with E-state index in [1.165, 1.54) is 18.3 Å². The van der Waals surface area contributed by atoms with E-state index in [9.17, 15) is 12.8 Å². The lowest BCUT2D eigenvalue weighted by molar-refractivity contribution is 0.156. The Balaban J connectivity index is 2.31. The molecule has 10 heteroatoms. The summed E-state index contributed by atoms with van der Waals surface area (Å²) in [5.74, 6) is -0.808. The summed E-state index contributed by atoms with van der Waals surface area (Å²) in [4.78, 5) is -0.377. The summed E-state index contributed by atoms with van der Waals surface area (Å²) in [6, 6.07) is 3.40. The molecule has 1 aromatic heterocycles. The van der Waals surface area contributed by atoms with Crippen LogP contribution >= 0.6 is 27.5 Å². The molecule has 144 valence electrons. The van der Waals surface area contributed by atoms with Gasteiger partial charge in [-0.1, -0.05) is 35.6 Å². The van der Waals surface area contributed by atoms with E-state index in [-0.39, 0.29) is 11.6 Å². The first-order valence-electron chi connectivity index (χ1n) is 7.98. The van der Waals surface area contributed by atoms with E-state index in [0.29, 0.717) is 22.3 Å². The molecule has 0 bridgehead atoms. The number of rotatable bonds is 8. The zero-order valence-corrected chi connectivity index (χ0v) is 19.3. The number of sulfonamides is 1. The molecule has 0 radical (unpaired) electrons. The zero-order valence-electron chi connectivity index (χ0n) is 15.1. The molecule has 0 amide bonds. The smallest absolute Gasteiger partial charge is 0.269 e. The highest BCUT2D eigenvalue weighted by Gasteiger charge is 2.29. The molecule has 1 aromatic carbocycles. The maximum atomic E-state index is 14.4. The summed E-state index contributed by atoms with van der Waals surface area (Å²) < 4.78 is 51.7. The van der Waals surface area contributed by atoms with Gasteiger partial charge in [-0.25, -0.2) is 17.1 Å². The molecule has 0 aliphatic heterocycles. The Bertz CT molecular complexity index is 855. The van der Waals surface area contributed by atoms with Crippen LogP contribution in [0.15, 0.2) is 33.1 Å². The van der Waals surface area contributed by atoms with Crippen molar-refractivity contribution in [3.63, 3.8) is 0 Å². The summed E-state index contributed by atoms with van der Waals surface area (Å²) in [7, 11) is -5.42. The van der Waals surface area contributed by atoms with Gasteiger partial charge in [0.1, 0.15) is 17.4 Å². The Kier molecular flexibility index (Phi) is 7.00. The van der Waals surface area contributed by atoms with Crippen molar-refractivity contribution in [1.82, 2.24) is 4.37 Å². The summed E-state index contributed by atoms with van der Waals surface area (Å²) in [6.45, 7) is 8.64. The van der Waals surface area contributed by atoms with Gasteiger partial charge in [0.05, 0.1) is 11.9 Å². The molecular formula is C16H22BrFN2O3S2Si. The number of benzene rings is 1. The molecule has 2 rings (SSSR count). The van der Waals surface area contributed by atoms with Gasteiger partial charge in [-0.3, -0.25) is 0 Å². The Morgan fingerprint density at radius 2 is 2.04 bits per heavy atom. The molecule has 0 spiro atoms. The number of aryl methyl sites for hydroxylation is 1. The minimum absolute atomic E-state index is 0.181. The van der Waals surface area contributed by atoms with Gasteiger partial charge in [0, 0.05) is 24.5 Å². The van der Waals surface area contributed by atoms with Crippen molar-refractivity contribution in [2.45, 2.75) is 37.5 Å². The van der Waals surface area contributed by atoms with Crippen LogP contribution < -0.4 is 4.31 Å². The number of hydrogen-bond donors (Lipinski definition) is 0. The van der Waals surface area contributed by atoms with Crippen molar-refractivity contribution in [2.24, 2.45) is 0 Å². The van der Waals surface area contributed by atoms with E-state index in [0.717, 1.165) is 21.9 Å². The van der Waals surface area contributed by atoms with Crippen LogP contribution in [0.25, 0.3) is 0 Å². The van der Waals surface area contributed by atoms with Crippen LogP contribution in [0.1, 0.15) is 5.56 Å². The third kappa shape index (κ3) is 5.35. The number of nitrogens with zero attached hydrogens (tertiary/aromatic N) is 2. The third-order valence-electron chi connectivity index (χ3n) is 3.69. The Morgan fingerprint density at radius 1 is 1.35 bits per heavy atom. The normalized spacial score (nSPS) is 12.4. The Hall–Kier alpha value is -0.813. The van der Waals surface area contributed by atoms with Crippen molar-refractivity contribution in [1.29, 1.82) is 0 Å². The van der Waals surface area contributed by atoms with Crippen LogP contribution in [0, 0.1) is 12.7 Å². The first kappa shape index (κ1) is 21.5. The average molecular weight is 481 g/mol. The lowest BCUT2D eigenvalue weighted by atomic mass is 10.2. The topological polar surface area (TPSA) is 59.5 Å². The van der Waals surface area contributed by atoms with E-state index in [4.69, 9.17) is 4.74 Å². The number of hydrogen-bond acceptors (Lipinski definition) is 5. The van der Waals surface area contributed by atoms with Crippen LogP contribution in [0.3, 0.4) is 0 Å². The van der Waals surface area contributed by atoms with E-state index in [2.05, 4.69) is 39.9 Å². The lowest BCUT2D eigenvalue weighted by Gasteiger charge is -2.24. The predicted molar refractivity (Wildman–Crippen MR) is 110 cm³/mol. The fraction of sp³-hybridized carbons (Fsp3) is 0.438. The van der Waals surface area contributed by atoms with Crippen LogP contribution in [-0.4, -0.2) is 34.2 Å². The number of aromatic nitrogens is 1. The predicted octanol–water partition coefficient (Wildman–Crippen LogP) is 4.86. The van der Waals surface area contributed by atoms with Crippen molar-refractivity contribution in [3.8, 4) is 0 Å². The van der Waals surface area contributed by atoms with Gasteiger partial charge < -0.3 is 4.74 Å². The summed E-state index contributed by atoms with van der Waals surface area (Å²) in [6.07, 6.45) is 1.44. The second kappa shape index (κ2) is 8.47. The van der Waals surface area contributed by atoms with Crippen LogP contribution in [0.2, 0.25) is 25.7 Å². The van der Waals surface area contributed by atoms with Crippen LogP contribution in [-0.2, 0) is 14.8 Å². The molecule has 0 unspecified atom stereocenters. The molecule has 0 atom stereocenters. The molecule has 0 N–H and O–H groups in total. The molecule has 1 heterocycles. The summed E-state index contributed by atoms with van der Waals surface area (Å²) in [5.41, 5.74) is 0.996. The number of ether oxygens (including phenoxy) is 1. The zero-order chi connectivity index (χ0) is 19.5. The van der Waals surface area contributed by atoms with Gasteiger partial charge in [-0.2, -0.15) is 4.37 Å². The van der Waals surface area contributed by atoms with Crippen LogP contribution in [0.4, 0.5) is 10.1 Å². The molecule has 5 nitrogen and oxygen atoms in total. The van der Waals surface area contributed by atoms with Gasteiger partial charge in [0.15, 0.2) is 0 Å². The first-order valence-corrected chi connectivity index (χ1v) is 14.8. The largest absolute Gasteiger partial charge is 0.360 e. The van der Waals surface area contributed by atoms with E-state index < -0.39 is 23.9 Å². The van der Waals surface area contributed by atoms with Crippen molar-refractivity contribution < 1.29 is 17.5 Å². The molecule has 26 heavy (non-hydrogen) atoms. The molecule has 2 aromatic rings. The molecule has 0 saturated carbocycles. The van der Waals surface area contributed by atoms with E-state index in [1.54, 1.807) is 12.3 Å². The Morgan fingerprint density at radius 3 is 2.62 bits per heavy atom. The number of halogens is 2. The Labute approximate surface area is 167 Å². The highest BCUT2D eigenvalue weighted by atomic mass is 79.9. The minimum Gasteiger partial charge on any atom is -0.360 e. The van der Waals surface area contributed by atoms with E-state index >= 15 is 0 Å². The lowest BCUT2D eigenvalue weighted by Crippen LogP contribution is -2.34. The second-order valence-electron chi connectivity index (χ2n) is 7.12. The first-order chi connectivity index (χ1) is 12.0. The second-order valence-corrected chi connectivity index (χ2v) is 16.1. The highest BCUT2D eigenvalue weighted by Crippen LogP contribution is 2.29. The SMILES string of the molecule is Cc1cc(S(=O)(=O)N(COCC[Si](C)(C)C)c2cnsc2)c(F)cc1Br. The summed E-state index contributed by atoms with van der Waals surface area (Å²) >= 11 is 4.34.